The van der Waals surface area contributed by atoms with Crippen LogP contribution in [0.4, 0.5) is 0 Å². The van der Waals surface area contributed by atoms with E-state index in [4.69, 9.17) is 5.21 Å². The first-order chi connectivity index (χ1) is 14.0. The molecule has 0 aromatic heterocycles. The molecule has 0 spiro atoms. The Morgan fingerprint density at radius 3 is 2.55 bits per heavy atom. The second-order valence-electron chi connectivity index (χ2n) is 6.92. The molecular weight excluding hydrogens is 370 g/mol. The number of amides is 3. The number of carbonyl (C=O) groups is 3. The maximum Gasteiger partial charge on any atom is 0.274 e. The van der Waals surface area contributed by atoms with Crippen molar-refractivity contribution in [1.82, 2.24) is 16.1 Å². The third-order valence-electron chi connectivity index (χ3n) is 4.79. The van der Waals surface area contributed by atoms with Crippen molar-refractivity contribution in [3.63, 3.8) is 0 Å². The smallest absolute Gasteiger partial charge is 0.274 e. The standard InChI is InChI=1S/C22H23N3O4/c1-14(26)23-20(12-15-6-3-2-4-7-15)22(28)24-19-9-5-8-16-13-17(21(27)25-29)10-11-18(16)19/h2-4,6-7,10-13,19,29H,5,8-9H2,1H3,(H,23,26)(H,24,28)(H,25,27)/b20-12+. The summed E-state index contributed by atoms with van der Waals surface area (Å²) in [4.78, 5) is 36.1. The second kappa shape index (κ2) is 9.16. The minimum Gasteiger partial charge on any atom is -0.344 e. The zero-order chi connectivity index (χ0) is 20.8. The fraction of sp³-hybridized carbons (Fsp3) is 0.227. The summed E-state index contributed by atoms with van der Waals surface area (Å²) < 4.78 is 0. The lowest BCUT2D eigenvalue weighted by atomic mass is 9.86. The average Bonchev–Trinajstić information content (AvgIpc) is 2.73. The van der Waals surface area contributed by atoms with E-state index in [1.807, 2.05) is 30.3 Å². The number of carbonyl (C=O) groups excluding carboxylic acids is 3. The summed E-state index contributed by atoms with van der Waals surface area (Å²) in [7, 11) is 0. The van der Waals surface area contributed by atoms with Gasteiger partial charge in [-0.25, -0.2) is 5.48 Å². The molecule has 4 N–H and O–H groups in total. The van der Waals surface area contributed by atoms with Crippen LogP contribution in [0.1, 0.15) is 52.9 Å². The van der Waals surface area contributed by atoms with Crippen LogP contribution < -0.4 is 16.1 Å². The third-order valence-corrected chi connectivity index (χ3v) is 4.79. The Balaban J connectivity index is 1.83. The van der Waals surface area contributed by atoms with Gasteiger partial charge in [0.25, 0.3) is 11.8 Å². The Bertz CT molecular complexity index is 954. The highest BCUT2D eigenvalue weighted by Crippen LogP contribution is 2.30. The van der Waals surface area contributed by atoms with Gasteiger partial charge in [0, 0.05) is 12.5 Å². The molecule has 0 fully saturated rings. The number of hydroxylamine groups is 1. The average molecular weight is 393 g/mol. The van der Waals surface area contributed by atoms with Gasteiger partial charge in [-0.3, -0.25) is 19.6 Å². The molecular formula is C22H23N3O4. The van der Waals surface area contributed by atoms with E-state index in [-0.39, 0.29) is 23.6 Å². The van der Waals surface area contributed by atoms with Crippen LogP contribution in [0.5, 0.6) is 0 Å². The van der Waals surface area contributed by atoms with Crippen molar-refractivity contribution in [3.8, 4) is 0 Å². The van der Waals surface area contributed by atoms with E-state index >= 15 is 0 Å². The summed E-state index contributed by atoms with van der Waals surface area (Å²) in [5.74, 6) is -1.28. The molecule has 0 bridgehead atoms. The molecule has 150 valence electrons. The van der Waals surface area contributed by atoms with Crippen LogP contribution in [0.3, 0.4) is 0 Å². The molecule has 0 saturated heterocycles. The van der Waals surface area contributed by atoms with Crippen LogP contribution in [0.2, 0.25) is 0 Å². The van der Waals surface area contributed by atoms with Gasteiger partial charge in [0.05, 0.1) is 6.04 Å². The summed E-state index contributed by atoms with van der Waals surface area (Å²) in [6.07, 6.45) is 4.02. The second-order valence-corrected chi connectivity index (χ2v) is 6.92. The summed E-state index contributed by atoms with van der Waals surface area (Å²) >= 11 is 0. The summed E-state index contributed by atoms with van der Waals surface area (Å²) in [6, 6.07) is 14.2. The maximum absolute atomic E-state index is 12.9. The molecule has 1 aliphatic carbocycles. The number of rotatable bonds is 5. The molecule has 2 aromatic carbocycles. The van der Waals surface area contributed by atoms with Gasteiger partial charge < -0.3 is 10.6 Å². The Hall–Kier alpha value is -3.45. The fourth-order valence-electron chi connectivity index (χ4n) is 3.47. The topological polar surface area (TPSA) is 108 Å². The van der Waals surface area contributed by atoms with Gasteiger partial charge in [0.1, 0.15) is 5.70 Å². The number of benzene rings is 2. The number of hydrogen-bond donors (Lipinski definition) is 4. The van der Waals surface area contributed by atoms with E-state index in [0.717, 1.165) is 36.0 Å². The van der Waals surface area contributed by atoms with E-state index in [1.165, 1.54) is 6.92 Å². The van der Waals surface area contributed by atoms with Crippen molar-refractivity contribution in [2.24, 2.45) is 0 Å². The normalized spacial score (nSPS) is 15.8. The third kappa shape index (κ3) is 5.08. The predicted molar refractivity (Wildman–Crippen MR) is 108 cm³/mol. The lowest BCUT2D eigenvalue weighted by Gasteiger charge is -2.27. The van der Waals surface area contributed by atoms with Crippen molar-refractivity contribution in [3.05, 3.63) is 76.5 Å². The van der Waals surface area contributed by atoms with Crippen molar-refractivity contribution in [2.75, 3.05) is 0 Å². The van der Waals surface area contributed by atoms with Crippen molar-refractivity contribution >= 4 is 23.8 Å². The van der Waals surface area contributed by atoms with Gasteiger partial charge in [-0.15, -0.1) is 0 Å². The van der Waals surface area contributed by atoms with Gasteiger partial charge in [-0.05, 0) is 54.2 Å². The first-order valence-electron chi connectivity index (χ1n) is 9.40. The zero-order valence-electron chi connectivity index (χ0n) is 16.1. The number of aryl methyl sites for hydroxylation is 1. The van der Waals surface area contributed by atoms with Gasteiger partial charge in [0.2, 0.25) is 5.91 Å². The monoisotopic (exact) mass is 393 g/mol. The molecule has 3 amide bonds. The molecule has 0 aliphatic heterocycles. The van der Waals surface area contributed by atoms with Crippen molar-refractivity contribution in [1.29, 1.82) is 0 Å². The first-order valence-corrected chi connectivity index (χ1v) is 9.40. The van der Waals surface area contributed by atoms with Crippen molar-refractivity contribution in [2.45, 2.75) is 32.2 Å². The van der Waals surface area contributed by atoms with Crippen LogP contribution in [0.25, 0.3) is 6.08 Å². The minimum absolute atomic E-state index is 0.173. The molecule has 2 aromatic rings. The highest BCUT2D eigenvalue weighted by Gasteiger charge is 2.24. The van der Waals surface area contributed by atoms with E-state index in [0.29, 0.717) is 5.56 Å². The Labute approximate surface area is 168 Å². The molecule has 0 heterocycles. The molecule has 0 radical (unpaired) electrons. The molecule has 1 unspecified atom stereocenters. The van der Waals surface area contributed by atoms with Gasteiger partial charge in [0.15, 0.2) is 0 Å². The van der Waals surface area contributed by atoms with Gasteiger partial charge in [-0.2, -0.15) is 0 Å². The summed E-state index contributed by atoms with van der Waals surface area (Å²) in [5, 5.41) is 14.4. The largest absolute Gasteiger partial charge is 0.344 e. The van der Waals surface area contributed by atoms with E-state index in [1.54, 1.807) is 29.8 Å². The highest BCUT2D eigenvalue weighted by molar-refractivity contribution is 6.01. The summed E-state index contributed by atoms with van der Waals surface area (Å²) in [6.45, 7) is 1.36. The number of fused-ring (bicyclic) bond motifs is 1. The zero-order valence-corrected chi connectivity index (χ0v) is 16.1. The van der Waals surface area contributed by atoms with Crippen molar-refractivity contribution < 1.29 is 19.6 Å². The fourth-order valence-corrected chi connectivity index (χ4v) is 3.47. The lowest BCUT2D eigenvalue weighted by Crippen LogP contribution is -2.37. The Morgan fingerprint density at radius 1 is 1.10 bits per heavy atom. The van der Waals surface area contributed by atoms with Gasteiger partial charge in [-0.1, -0.05) is 36.4 Å². The minimum atomic E-state index is -0.572. The van der Waals surface area contributed by atoms with E-state index in [2.05, 4.69) is 10.6 Å². The Morgan fingerprint density at radius 2 is 1.86 bits per heavy atom. The molecule has 7 heteroatoms. The molecule has 7 nitrogen and oxygen atoms in total. The molecule has 29 heavy (non-hydrogen) atoms. The lowest BCUT2D eigenvalue weighted by molar-refractivity contribution is -0.122. The SMILES string of the molecule is CC(=O)N/C(=C/c1ccccc1)C(=O)NC1CCCc2cc(C(=O)NO)ccc21. The number of nitrogens with one attached hydrogen (secondary N) is 3. The van der Waals surface area contributed by atoms with E-state index < -0.39 is 5.91 Å². The van der Waals surface area contributed by atoms with Crippen LogP contribution in [-0.2, 0) is 16.0 Å². The quantitative estimate of drug-likeness (QED) is 0.356. The molecule has 3 rings (SSSR count). The molecule has 1 aliphatic rings. The van der Waals surface area contributed by atoms with Crippen LogP contribution >= 0.6 is 0 Å². The molecule has 1 atom stereocenters. The maximum atomic E-state index is 12.9. The van der Waals surface area contributed by atoms with Crippen LogP contribution in [0, 0.1) is 0 Å². The van der Waals surface area contributed by atoms with Crippen LogP contribution in [0.15, 0.2) is 54.2 Å². The number of hydrogen-bond acceptors (Lipinski definition) is 4. The van der Waals surface area contributed by atoms with E-state index in [9.17, 15) is 14.4 Å². The summed E-state index contributed by atoms with van der Waals surface area (Å²) in [5.41, 5.74) is 4.85. The predicted octanol–water partition coefficient (Wildman–Crippen LogP) is 2.48. The highest BCUT2D eigenvalue weighted by atomic mass is 16.5. The Kier molecular flexibility index (Phi) is 6.41. The van der Waals surface area contributed by atoms with Gasteiger partial charge >= 0.3 is 0 Å². The first kappa shape index (κ1) is 20.3. The molecule has 0 saturated carbocycles. The van der Waals surface area contributed by atoms with Crippen LogP contribution in [-0.4, -0.2) is 22.9 Å².